The molecule has 2 N–H and O–H groups in total. The monoisotopic (exact) mass is 404 g/mol. The van der Waals surface area contributed by atoms with Crippen LogP contribution in [-0.2, 0) is 9.47 Å². The van der Waals surface area contributed by atoms with Crippen LogP contribution >= 0.6 is 0 Å². The Kier molecular flexibility index (Phi) is 11.7. The maximum absolute atomic E-state index is 5.79. The van der Waals surface area contributed by atoms with Gasteiger partial charge in [0.15, 0.2) is 5.96 Å². The molecule has 6 nitrogen and oxygen atoms in total. The van der Waals surface area contributed by atoms with Gasteiger partial charge in [-0.05, 0) is 38.4 Å². The third-order valence-electron chi connectivity index (χ3n) is 5.34. The first-order chi connectivity index (χ1) is 14.3. The Bertz CT molecular complexity index is 557. The molecule has 2 atom stereocenters. The summed E-state index contributed by atoms with van der Waals surface area (Å²) in [7, 11) is 0. The van der Waals surface area contributed by atoms with Crippen molar-refractivity contribution < 1.29 is 9.47 Å². The Balaban J connectivity index is 1.81. The van der Waals surface area contributed by atoms with Gasteiger partial charge in [0, 0.05) is 32.2 Å². The van der Waals surface area contributed by atoms with Gasteiger partial charge in [-0.3, -0.25) is 9.89 Å². The second-order valence-corrected chi connectivity index (χ2v) is 7.45. The topological polar surface area (TPSA) is 58.1 Å². The van der Waals surface area contributed by atoms with Crippen molar-refractivity contribution in [1.82, 2.24) is 15.5 Å². The number of hydrogen-bond acceptors (Lipinski definition) is 4. The smallest absolute Gasteiger partial charge is 0.191 e. The second kappa shape index (κ2) is 14.4. The Labute approximate surface area is 177 Å². The van der Waals surface area contributed by atoms with E-state index >= 15 is 0 Å². The first-order valence-electron chi connectivity index (χ1n) is 11.2. The molecule has 0 spiro atoms. The van der Waals surface area contributed by atoms with Gasteiger partial charge in [0.25, 0.3) is 0 Å². The van der Waals surface area contributed by atoms with Gasteiger partial charge in [-0.1, -0.05) is 44.2 Å². The number of likely N-dealkylation sites (N-methyl/N-ethyl adjacent to an activating group) is 1. The molecule has 164 valence electrons. The molecule has 1 heterocycles. The van der Waals surface area contributed by atoms with Gasteiger partial charge >= 0.3 is 0 Å². The summed E-state index contributed by atoms with van der Waals surface area (Å²) >= 11 is 0. The van der Waals surface area contributed by atoms with E-state index < -0.39 is 0 Å². The van der Waals surface area contributed by atoms with Crippen molar-refractivity contribution in [2.24, 2.45) is 10.9 Å². The van der Waals surface area contributed by atoms with Crippen LogP contribution in [0.2, 0.25) is 0 Å². The first-order valence-corrected chi connectivity index (χ1v) is 11.2. The van der Waals surface area contributed by atoms with Crippen LogP contribution in [0.25, 0.3) is 0 Å². The number of nitrogens with one attached hydrogen (secondary N) is 2. The lowest BCUT2D eigenvalue weighted by molar-refractivity contribution is 0.0888. The van der Waals surface area contributed by atoms with Crippen LogP contribution in [-0.4, -0.2) is 70.0 Å². The normalized spacial score (nSPS) is 18.2. The molecule has 1 aliphatic heterocycles. The highest BCUT2D eigenvalue weighted by Gasteiger charge is 2.18. The lowest BCUT2D eigenvalue weighted by Gasteiger charge is -2.29. The zero-order valence-corrected chi connectivity index (χ0v) is 18.5. The first kappa shape index (κ1) is 23.6. The van der Waals surface area contributed by atoms with Gasteiger partial charge in [-0.25, -0.2) is 0 Å². The molecule has 6 heteroatoms. The van der Waals surface area contributed by atoms with E-state index in [0.29, 0.717) is 12.0 Å². The molecule has 1 aromatic rings. The van der Waals surface area contributed by atoms with E-state index in [4.69, 9.17) is 14.5 Å². The van der Waals surface area contributed by atoms with Crippen LogP contribution in [0.1, 0.15) is 45.2 Å². The van der Waals surface area contributed by atoms with Gasteiger partial charge < -0.3 is 20.1 Å². The third-order valence-corrected chi connectivity index (χ3v) is 5.34. The van der Waals surface area contributed by atoms with Crippen LogP contribution in [0.5, 0.6) is 0 Å². The molecule has 0 aromatic heterocycles. The largest absolute Gasteiger partial charge is 0.381 e. The maximum Gasteiger partial charge on any atom is 0.191 e. The minimum atomic E-state index is 0.290. The summed E-state index contributed by atoms with van der Waals surface area (Å²) in [5.41, 5.74) is 1.32. The SMILES string of the molecule is CCNC(=NCC(c1ccccc1)N(CC)CC)NCCCOCC1CCOC1. The molecule has 0 aliphatic carbocycles. The molecular formula is C23H40N4O2. The van der Waals surface area contributed by atoms with E-state index in [9.17, 15) is 0 Å². The van der Waals surface area contributed by atoms with Gasteiger partial charge in [-0.15, -0.1) is 0 Å². The minimum absolute atomic E-state index is 0.290. The van der Waals surface area contributed by atoms with Crippen LogP contribution in [0.15, 0.2) is 35.3 Å². The molecular weight excluding hydrogens is 364 g/mol. The summed E-state index contributed by atoms with van der Waals surface area (Å²) < 4.78 is 11.2. The molecule has 0 amide bonds. The maximum atomic E-state index is 5.79. The summed E-state index contributed by atoms with van der Waals surface area (Å²) in [5.74, 6) is 1.46. The Morgan fingerprint density at radius 2 is 2.00 bits per heavy atom. The standard InChI is InChI=1S/C23H40N4O2/c1-4-24-23(25-14-10-15-28-18-20-13-16-29-19-20)26-17-22(27(5-2)6-3)21-11-8-7-9-12-21/h7-9,11-12,20,22H,4-6,10,13-19H2,1-3H3,(H2,24,25,26). The molecule has 1 saturated heterocycles. The third kappa shape index (κ3) is 8.72. The van der Waals surface area contributed by atoms with Crippen molar-refractivity contribution in [3.8, 4) is 0 Å². The summed E-state index contributed by atoms with van der Waals surface area (Å²) in [6, 6.07) is 11.0. The highest BCUT2D eigenvalue weighted by molar-refractivity contribution is 5.79. The highest BCUT2D eigenvalue weighted by Crippen LogP contribution is 2.20. The van der Waals surface area contributed by atoms with Gasteiger partial charge in [0.1, 0.15) is 0 Å². The quantitative estimate of drug-likeness (QED) is 0.301. The molecule has 29 heavy (non-hydrogen) atoms. The van der Waals surface area contributed by atoms with Crippen molar-refractivity contribution in [3.63, 3.8) is 0 Å². The van der Waals surface area contributed by atoms with E-state index in [-0.39, 0.29) is 0 Å². The van der Waals surface area contributed by atoms with Crippen molar-refractivity contribution in [2.45, 2.75) is 39.7 Å². The Hall–Kier alpha value is -1.63. The molecule has 2 rings (SSSR count). The minimum Gasteiger partial charge on any atom is -0.381 e. The average molecular weight is 405 g/mol. The second-order valence-electron chi connectivity index (χ2n) is 7.45. The molecule has 1 aliphatic rings. The number of rotatable bonds is 13. The summed E-state index contributed by atoms with van der Waals surface area (Å²) in [5, 5.41) is 6.81. The zero-order valence-electron chi connectivity index (χ0n) is 18.5. The van der Waals surface area contributed by atoms with Crippen molar-refractivity contribution in [2.75, 3.05) is 59.2 Å². The van der Waals surface area contributed by atoms with E-state index in [1.165, 1.54) is 5.56 Å². The van der Waals surface area contributed by atoms with E-state index in [1.54, 1.807) is 0 Å². The molecule has 0 saturated carbocycles. The van der Waals surface area contributed by atoms with E-state index in [1.807, 2.05) is 0 Å². The van der Waals surface area contributed by atoms with Crippen molar-refractivity contribution in [3.05, 3.63) is 35.9 Å². The van der Waals surface area contributed by atoms with Gasteiger partial charge in [-0.2, -0.15) is 0 Å². The fourth-order valence-corrected chi connectivity index (χ4v) is 3.64. The lowest BCUT2D eigenvalue weighted by atomic mass is 10.1. The number of benzene rings is 1. The molecule has 0 radical (unpaired) electrons. The molecule has 2 unspecified atom stereocenters. The average Bonchev–Trinajstić information content (AvgIpc) is 3.27. The van der Waals surface area contributed by atoms with Gasteiger partial charge in [0.05, 0.1) is 25.8 Å². The van der Waals surface area contributed by atoms with Gasteiger partial charge in [0.2, 0.25) is 0 Å². The van der Waals surface area contributed by atoms with Crippen molar-refractivity contribution in [1.29, 1.82) is 0 Å². The number of hydrogen-bond donors (Lipinski definition) is 2. The van der Waals surface area contributed by atoms with E-state index in [2.05, 4.69) is 66.6 Å². The van der Waals surface area contributed by atoms with Crippen molar-refractivity contribution >= 4 is 5.96 Å². The molecule has 0 bridgehead atoms. The van der Waals surface area contributed by atoms with Crippen LogP contribution in [0, 0.1) is 5.92 Å². The number of nitrogens with zero attached hydrogens (tertiary/aromatic N) is 2. The number of aliphatic imine (C=N–C) groups is 1. The summed E-state index contributed by atoms with van der Waals surface area (Å²) in [6.07, 6.45) is 2.10. The predicted octanol–water partition coefficient (Wildman–Crippen LogP) is 3.07. The fourth-order valence-electron chi connectivity index (χ4n) is 3.64. The Morgan fingerprint density at radius 3 is 2.66 bits per heavy atom. The predicted molar refractivity (Wildman–Crippen MR) is 120 cm³/mol. The fraction of sp³-hybridized carbons (Fsp3) is 0.696. The number of guanidine groups is 1. The van der Waals surface area contributed by atoms with Crippen LogP contribution in [0.4, 0.5) is 0 Å². The number of ether oxygens (including phenoxy) is 2. The summed E-state index contributed by atoms with van der Waals surface area (Å²) in [6.45, 7) is 14.3. The molecule has 1 fully saturated rings. The Morgan fingerprint density at radius 1 is 1.21 bits per heavy atom. The van der Waals surface area contributed by atoms with Crippen LogP contribution < -0.4 is 10.6 Å². The van der Waals surface area contributed by atoms with E-state index in [0.717, 1.165) is 78.0 Å². The molecule has 1 aromatic carbocycles. The summed E-state index contributed by atoms with van der Waals surface area (Å²) in [4.78, 5) is 7.34. The zero-order chi connectivity index (χ0) is 20.7. The van der Waals surface area contributed by atoms with Crippen LogP contribution in [0.3, 0.4) is 0 Å². The lowest BCUT2D eigenvalue weighted by Crippen LogP contribution is -2.39. The highest BCUT2D eigenvalue weighted by atomic mass is 16.5.